The average molecular weight is 153 g/mol. The molecule has 1 aromatic rings. The fraction of sp³-hybridized carbons (Fsp3) is 0.600. The van der Waals surface area contributed by atoms with Gasteiger partial charge in [-0.3, -0.25) is 0 Å². The standard InChI is InChI=1S/C8H13N.C2H6/c1-7(2)9-6-4-5-8(9)3;1-2/h4-7H,1-3H3;1-2H3. The normalized spacial score (nSPS) is 9.27. The summed E-state index contributed by atoms with van der Waals surface area (Å²) in [7, 11) is 0. The molecule has 11 heavy (non-hydrogen) atoms. The molecule has 0 unspecified atom stereocenters. The Balaban J connectivity index is 0.000000461. The summed E-state index contributed by atoms with van der Waals surface area (Å²) in [6, 6.07) is 4.80. The molecule has 0 spiro atoms. The van der Waals surface area contributed by atoms with Crippen molar-refractivity contribution in [2.45, 2.75) is 40.7 Å². The van der Waals surface area contributed by atoms with Gasteiger partial charge in [0.2, 0.25) is 0 Å². The topological polar surface area (TPSA) is 4.93 Å². The Morgan fingerprint density at radius 3 is 2.00 bits per heavy atom. The number of hydrogen-bond donors (Lipinski definition) is 0. The highest BCUT2D eigenvalue weighted by molar-refractivity contribution is 5.05. The van der Waals surface area contributed by atoms with E-state index in [2.05, 4.69) is 43.7 Å². The first kappa shape index (κ1) is 10.3. The quantitative estimate of drug-likeness (QED) is 0.582. The van der Waals surface area contributed by atoms with Gasteiger partial charge in [-0.25, -0.2) is 0 Å². The van der Waals surface area contributed by atoms with Gasteiger partial charge in [0, 0.05) is 17.9 Å². The van der Waals surface area contributed by atoms with Gasteiger partial charge in [-0.15, -0.1) is 0 Å². The van der Waals surface area contributed by atoms with E-state index >= 15 is 0 Å². The lowest BCUT2D eigenvalue weighted by atomic mass is 10.4. The van der Waals surface area contributed by atoms with Crippen molar-refractivity contribution in [3.63, 3.8) is 0 Å². The van der Waals surface area contributed by atoms with Crippen LogP contribution in [0, 0.1) is 6.92 Å². The van der Waals surface area contributed by atoms with Crippen molar-refractivity contribution in [3.8, 4) is 0 Å². The first-order valence-electron chi connectivity index (χ1n) is 4.35. The lowest BCUT2D eigenvalue weighted by Crippen LogP contribution is -1.99. The number of rotatable bonds is 1. The summed E-state index contributed by atoms with van der Waals surface area (Å²) in [5, 5.41) is 0. The first-order chi connectivity index (χ1) is 5.22. The van der Waals surface area contributed by atoms with E-state index in [0.717, 1.165) is 0 Å². The zero-order chi connectivity index (χ0) is 8.85. The molecule has 0 radical (unpaired) electrons. The molecule has 0 saturated heterocycles. The van der Waals surface area contributed by atoms with Gasteiger partial charge in [0.05, 0.1) is 0 Å². The van der Waals surface area contributed by atoms with Crippen LogP contribution in [0.15, 0.2) is 18.3 Å². The Bertz CT molecular complexity index is 187. The second-order valence-corrected chi connectivity index (χ2v) is 2.65. The lowest BCUT2D eigenvalue weighted by molar-refractivity contribution is 0.589. The molecule has 0 amide bonds. The Kier molecular flexibility index (Phi) is 4.67. The molecule has 0 aromatic carbocycles. The Labute approximate surface area is 70.0 Å². The minimum atomic E-state index is 0.597. The van der Waals surface area contributed by atoms with Crippen LogP contribution in [-0.2, 0) is 0 Å². The van der Waals surface area contributed by atoms with Crippen molar-refractivity contribution < 1.29 is 0 Å². The van der Waals surface area contributed by atoms with Crippen LogP contribution in [0.25, 0.3) is 0 Å². The van der Waals surface area contributed by atoms with Crippen molar-refractivity contribution in [3.05, 3.63) is 24.0 Å². The predicted octanol–water partition coefficient (Wildman–Crippen LogP) is 3.40. The summed E-state index contributed by atoms with van der Waals surface area (Å²) >= 11 is 0. The molecule has 1 nitrogen and oxygen atoms in total. The van der Waals surface area contributed by atoms with Gasteiger partial charge < -0.3 is 4.57 Å². The lowest BCUT2D eigenvalue weighted by Gasteiger charge is -2.08. The molecule has 0 aliphatic carbocycles. The largest absolute Gasteiger partial charge is 0.349 e. The van der Waals surface area contributed by atoms with E-state index in [9.17, 15) is 0 Å². The second-order valence-electron chi connectivity index (χ2n) is 2.65. The van der Waals surface area contributed by atoms with Gasteiger partial charge >= 0.3 is 0 Å². The highest BCUT2D eigenvalue weighted by Crippen LogP contribution is 2.08. The van der Waals surface area contributed by atoms with Crippen LogP contribution in [0.3, 0.4) is 0 Å². The molecule has 0 bridgehead atoms. The molecule has 1 rings (SSSR count). The Hall–Kier alpha value is -0.720. The summed E-state index contributed by atoms with van der Waals surface area (Å²) < 4.78 is 2.25. The summed E-state index contributed by atoms with van der Waals surface area (Å²) in [6.07, 6.45) is 2.11. The fourth-order valence-corrected chi connectivity index (χ4v) is 1.06. The third-order valence-electron chi connectivity index (χ3n) is 1.55. The van der Waals surface area contributed by atoms with E-state index in [4.69, 9.17) is 0 Å². The molecule has 0 N–H and O–H groups in total. The molecule has 0 fully saturated rings. The third-order valence-corrected chi connectivity index (χ3v) is 1.55. The summed E-state index contributed by atoms with van der Waals surface area (Å²) in [4.78, 5) is 0. The molecule has 0 saturated carbocycles. The number of aromatic nitrogens is 1. The van der Waals surface area contributed by atoms with Crippen LogP contribution < -0.4 is 0 Å². The Morgan fingerprint density at radius 2 is 1.82 bits per heavy atom. The van der Waals surface area contributed by atoms with Gasteiger partial charge in [0.1, 0.15) is 0 Å². The molecule has 1 aromatic heterocycles. The van der Waals surface area contributed by atoms with Crippen LogP contribution in [0.2, 0.25) is 0 Å². The fourth-order valence-electron chi connectivity index (χ4n) is 1.06. The average Bonchev–Trinajstić information content (AvgIpc) is 2.39. The maximum Gasteiger partial charge on any atom is 0.0276 e. The molecule has 64 valence electrons. The zero-order valence-corrected chi connectivity index (χ0v) is 8.26. The highest BCUT2D eigenvalue weighted by Gasteiger charge is 1.96. The van der Waals surface area contributed by atoms with Gasteiger partial charge in [-0.05, 0) is 32.9 Å². The van der Waals surface area contributed by atoms with E-state index in [1.54, 1.807) is 0 Å². The van der Waals surface area contributed by atoms with Crippen LogP contribution in [0.5, 0.6) is 0 Å². The minimum absolute atomic E-state index is 0.597. The SMILES string of the molecule is CC.Cc1cccn1C(C)C. The van der Waals surface area contributed by atoms with Gasteiger partial charge in [0.15, 0.2) is 0 Å². The van der Waals surface area contributed by atoms with Gasteiger partial charge in [0.25, 0.3) is 0 Å². The van der Waals surface area contributed by atoms with Crippen molar-refractivity contribution in [1.82, 2.24) is 4.57 Å². The molecule has 0 atom stereocenters. The van der Waals surface area contributed by atoms with Gasteiger partial charge in [-0.2, -0.15) is 0 Å². The maximum atomic E-state index is 2.25. The number of nitrogens with zero attached hydrogens (tertiary/aromatic N) is 1. The third kappa shape index (κ3) is 2.79. The summed E-state index contributed by atoms with van der Waals surface area (Å²) in [5.74, 6) is 0. The van der Waals surface area contributed by atoms with Crippen LogP contribution in [0.4, 0.5) is 0 Å². The minimum Gasteiger partial charge on any atom is -0.349 e. The molecular formula is C10H19N. The first-order valence-corrected chi connectivity index (χ1v) is 4.35. The second kappa shape index (κ2) is 5.00. The molecule has 1 heteroatoms. The molecular weight excluding hydrogens is 134 g/mol. The van der Waals surface area contributed by atoms with E-state index in [1.165, 1.54) is 5.69 Å². The van der Waals surface area contributed by atoms with Crippen molar-refractivity contribution in [2.75, 3.05) is 0 Å². The summed E-state index contributed by atoms with van der Waals surface area (Å²) in [5.41, 5.74) is 1.34. The van der Waals surface area contributed by atoms with E-state index in [1.807, 2.05) is 13.8 Å². The zero-order valence-electron chi connectivity index (χ0n) is 8.26. The molecule has 1 heterocycles. The monoisotopic (exact) mass is 153 g/mol. The van der Waals surface area contributed by atoms with Crippen LogP contribution >= 0.6 is 0 Å². The van der Waals surface area contributed by atoms with E-state index < -0.39 is 0 Å². The van der Waals surface area contributed by atoms with Gasteiger partial charge in [-0.1, -0.05) is 13.8 Å². The van der Waals surface area contributed by atoms with Crippen molar-refractivity contribution in [1.29, 1.82) is 0 Å². The van der Waals surface area contributed by atoms with E-state index in [0.29, 0.717) is 6.04 Å². The summed E-state index contributed by atoms with van der Waals surface area (Å²) in [6.45, 7) is 10.5. The maximum absolute atomic E-state index is 2.25. The van der Waals surface area contributed by atoms with Crippen LogP contribution in [-0.4, -0.2) is 4.57 Å². The smallest absolute Gasteiger partial charge is 0.0276 e. The molecule has 0 aliphatic rings. The Morgan fingerprint density at radius 1 is 1.27 bits per heavy atom. The van der Waals surface area contributed by atoms with Crippen molar-refractivity contribution in [2.24, 2.45) is 0 Å². The predicted molar refractivity (Wildman–Crippen MR) is 50.9 cm³/mol. The number of hydrogen-bond acceptors (Lipinski definition) is 0. The van der Waals surface area contributed by atoms with E-state index in [-0.39, 0.29) is 0 Å². The molecule has 0 aliphatic heterocycles. The number of aryl methyl sites for hydroxylation is 1. The van der Waals surface area contributed by atoms with Crippen LogP contribution in [0.1, 0.15) is 39.4 Å². The highest BCUT2D eigenvalue weighted by atomic mass is 15.0. The van der Waals surface area contributed by atoms with Crippen molar-refractivity contribution >= 4 is 0 Å².